The second-order valence-electron chi connectivity index (χ2n) is 15.1. The van der Waals surface area contributed by atoms with Gasteiger partial charge < -0.3 is 36.4 Å². The summed E-state index contributed by atoms with van der Waals surface area (Å²) < 4.78 is 6.01. The summed E-state index contributed by atoms with van der Waals surface area (Å²) >= 11 is 0. The maximum absolute atomic E-state index is 13.6. The van der Waals surface area contributed by atoms with Crippen molar-refractivity contribution >= 4 is 11.9 Å². The number of amides is 3. The summed E-state index contributed by atoms with van der Waals surface area (Å²) in [5.41, 5.74) is 5.54. The van der Waals surface area contributed by atoms with Crippen molar-refractivity contribution in [3.8, 4) is 0 Å². The van der Waals surface area contributed by atoms with E-state index in [-0.39, 0.29) is 12.6 Å². The number of nitrogens with zero attached hydrogens (tertiary/aromatic N) is 1. The number of urea groups is 1. The molecule has 5 atom stereocenters. The molecule has 1 heterocycles. The molecule has 0 aliphatic carbocycles. The molecular weight excluding hydrogens is 644 g/mol. The van der Waals surface area contributed by atoms with Crippen LogP contribution in [0, 0.1) is 0 Å². The Bertz CT molecular complexity index is 821. The van der Waals surface area contributed by atoms with Crippen molar-refractivity contribution < 1.29 is 29.6 Å². The van der Waals surface area contributed by atoms with Crippen LogP contribution in [0.25, 0.3) is 0 Å². The summed E-state index contributed by atoms with van der Waals surface area (Å²) in [6, 6.07) is -1.42. The molecule has 0 aromatic carbocycles. The summed E-state index contributed by atoms with van der Waals surface area (Å²) in [6.07, 6.45) is 29.9. The zero-order valence-electron chi connectivity index (χ0n) is 33.1. The zero-order chi connectivity index (χ0) is 37.4. The predicted molar refractivity (Wildman–Crippen MR) is 209 cm³/mol. The van der Waals surface area contributed by atoms with Gasteiger partial charge in [0.2, 0.25) is 5.91 Å². The molecule has 0 unspecified atom stereocenters. The zero-order valence-corrected chi connectivity index (χ0v) is 33.1. The third kappa shape index (κ3) is 23.0. The average Bonchev–Trinajstić information content (AvgIpc) is 3.13. The van der Waals surface area contributed by atoms with E-state index in [1.165, 1.54) is 140 Å². The Morgan fingerprint density at radius 3 is 1.39 bits per heavy atom. The van der Waals surface area contributed by atoms with E-state index in [0.29, 0.717) is 13.1 Å². The molecule has 1 aliphatic heterocycles. The Morgan fingerprint density at radius 1 is 0.608 bits per heavy atom. The number of ether oxygens (including phenoxy) is 1. The van der Waals surface area contributed by atoms with E-state index < -0.39 is 43.1 Å². The Hall–Kier alpha value is -1.46. The van der Waals surface area contributed by atoms with Crippen LogP contribution in [-0.4, -0.2) is 89.0 Å². The van der Waals surface area contributed by atoms with Crippen LogP contribution < -0.4 is 16.4 Å². The van der Waals surface area contributed by atoms with Crippen molar-refractivity contribution in [2.45, 2.75) is 224 Å². The molecule has 10 nitrogen and oxygen atoms in total. The molecule has 7 N–H and O–H groups in total. The molecule has 51 heavy (non-hydrogen) atoms. The number of unbranched alkanes of at least 4 members (excludes halogenated alkanes) is 26. The normalized spacial score (nSPS) is 20.4. The van der Waals surface area contributed by atoms with Crippen LogP contribution in [0.5, 0.6) is 0 Å². The standard InChI is InChI=1S/C41H82N4O6/c1-3-5-7-9-11-13-15-17-18-19-20-22-24-26-28-30-32-45(40-37(44-36(47)33-42)39(49)38(48)35(34-46)51-40)41(50)43-31-29-27-25-23-21-16-14-12-10-8-6-4-2/h35,37-40,46,48-49H,3-34,42H2,1-2H3,(H,43,50)(H,44,47)/t35-,37-,38+,39-,40-/m1/s1. The first-order valence-corrected chi connectivity index (χ1v) is 21.6. The van der Waals surface area contributed by atoms with Gasteiger partial charge in [0.15, 0.2) is 6.23 Å². The summed E-state index contributed by atoms with van der Waals surface area (Å²) in [5.74, 6) is -0.526. The van der Waals surface area contributed by atoms with Crippen molar-refractivity contribution in [1.82, 2.24) is 15.5 Å². The number of aliphatic hydroxyl groups excluding tert-OH is 3. The second-order valence-corrected chi connectivity index (χ2v) is 15.1. The van der Waals surface area contributed by atoms with Gasteiger partial charge in [-0.25, -0.2) is 4.79 Å². The number of carbonyl (C=O) groups excluding carboxylic acids is 2. The minimum Gasteiger partial charge on any atom is -0.394 e. The van der Waals surface area contributed by atoms with Gasteiger partial charge in [-0.1, -0.05) is 181 Å². The lowest BCUT2D eigenvalue weighted by atomic mass is 9.95. The largest absolute Gasteiger partial charge is 0.394 e. The van der Waals surface area contributed by atoms with Gasteiger partial charge in [0, 0.05) is 13.1 Å². The van der Waals surface area contributed by atoms with E-state index in [4.69, 9.17) is 10.5 Å². The summed E-state index contributed by atoms with van der Waals surface area (Å²) in [7, 11) is 0. The average molecular weight is 727 g/mol. The number of hydrogen-bond donors (Lipinski definition) is 6. The van der Waals surface area contributed by atoms with Crippen LogP contribution >= 0.6 is 0 Å². The first-order chi connectivity index (χ1) is 24.9. The highest BCUT2D eigenvalue weighted by atomic mass is 16.5. The fourth-order valence-electron chi connectivity index (χ4n) is 7.20. The van der Waals surface area contributed by atoms with Crippen molar-refractivity contribution in [2.75, 3.05) is 26.2 Å². The second kappa shape index (κ2) is 33.1. The Labute approximate surface area is 312 Å². The van der Waals surface area contributed by atoms with Gasteiger partial charge in [0.1, 0.15) is 24.4 Å². The maximum atomic E-state index is 13.6. The third-order valence-corrected chi connectivity index (χ3v) is 10.5. The summed E-state index contributed by atoms with van der Waals surface area (Å²) in [6.45, 7) is 4.57. The van der Waals surface area contributed by atoms with E-state index in [2.05, 4.69) is 24.5 Å². The minimum absolute atomic E-state index is 0.306. The molecule has 0 radical (unpaired) electrons. The van der Waals surface area contributed by atoms with Gasteiger partial charge in [0.25, 0.3) is 0 Å². The number of carbonyl (C=O) groups is 2. The first-order valence-electron chi connectivity index (χ1n) is 21.6. The van der Waals surface area contributed by atoms with Crippen molar-refractivity contribution in [2.24, 2.45) is 5.73 Å². The topological polar surface area (TPSA) is 157 Å². The Balaban J connectivity index is 2.51. The van der Waals surface area contributed by atoms with Crippen LogP contribution in [0.1, 0.15) is 194 Å². The van der Waals surface area contributed by atoms with Gasteiger partial charge in [-0.05, 0) is 12.8 Å². The molecule has 0 bridgehead atoms. The van der Waals surface area contributed by atoms with Crippen LogP contribution in [0.15, 0.2) is 0 Å². The molecule has 10 heteroatoms. The van der Waals surface area contributed by atoms with Crippen molar-refractivity contribution in [3.63, 3.8) is 0 Å². The van der Waals surface area contributed by atoms with Crippen LogP contribution in [0.4, 0.5) is 4.79 Å². The third-order valence-electron chi connectivity index (χ3n) is 10.5. The molecule has 302 valence electrons. The number of hydrogen-bond acceptors (Lipinski definition) is 7. The monoisotopic (exact) mass is 727 g/mol. The predicted octanol–water partition coefficient (Wildman–Crippen LogP) is 7.84. The van der Waals surface area contributed by atoms with Gasteiger partial charge in [-0.15, -0.1) is 0 Å². The number of aliphatic hydroxyl groups is 3. The highest BCUT2D eigenvalue weighted by molar-refractivity contribution is 5.78. The number of nitrogens with one attached hydrogen (secondary N) is 2. The van der Waals surface area contributed by atoms with E-state index in [9.17, 15) is 24.9 Å². The molecule has 1 saturated heterocycles. The van der Waals surface area contributed by atoms with Gasteiger partial charge in [0.05, 0.1) is 13.2 Å². The highest BCUT2D eigenvalue weighted by Crippen LogP contribution is 2.25. The molecule has 0 aromatic rings. The number of rotatable bonds is 34. The minimum atomic E-state index is -1.44. The smallest absolute Gasteiger partial charge is 0.319 e. The van der Waals surface area contributed by atoms with Crippen LogP contribution in [0.3, 0.4) is 0 Å². The Morgan fingerprint density at radius 2 is 1.00 bits per heavy atom. The lowest BCUT2D eigenvalue weighted by Crippen LogP contribution is -2.69. The SMILES string of the molecule is CCCCCCCCCCCCCCCCCCN(C(=O)NCCCCCCCCCCCCCC)[C@@H]1O[C@H](CO)[C@H](O)[C@H](O)[C@H]1NC(=O)CN. The van der Waals surface area contributed by atoms with Gasteiger partial charge >= 0.3 is 6.03 Å². The first kappa shape index (κ1) is 47.6. The molecule has 0 aromatic heterocycles. The van der Waals surface area contributed by atoms with E-state index in [0.717, 1.165) is 44.9 Å². The van der Waals surface area contributed by atoms with E-state index in [1.54, 1.807) is 0 Å². The molecule has 1 aliphatic rings. The maximum Gasteiger partial charge on any atom is 0.319 e. The summed E-state index contributed by atoms with van der Waals surface area (Å²) in [5, 5.41) is 37.0. The molecular formula is C41H82N4O6. The summed E-state index contributed by atoms with van der Waals surface area (Å²) in [4.78, 5) is 27.4. The molecule has 0 spiro atoms. The molecule has 0 saturated carbocycles. The van der Waals surface area contributed by atoms with Gasteiger partial charge in [-0.3, -0.25) is 9.69 Å². The van der Waals surface area contributed by atoms with E-state index >= 15 is 0 Å². The highest BCUT2D eigenvalue weighted by Gasteiger charge is 2.48. The fraction of sp³-hybridized carbons (Fsp3) is 0.951. The molecule has 1 rings (SSSR count). The number of nitrogens with two attached hydrogens (primary N) is 1. The fourth-order valence-corrected chi connectivity index (χ4v) is 7.20. The lowest BCUT2D eigenvalue weighted by molar-refractivity contribution is -0.224. The Kier molecular flexibility index (Phi) is 30.9. The lowest BCUT2D eigenvalue weighted by Gasteiger charge is -2.46. The molecule has 3 amide bonds. The quantitative estimate of drug-likeness (QED) is 0.0369. The van der Waals surface area contributed by atoms with Gasteiger partial charge in [-0.2, -0.15) is 0 Å². The molecule has 1 fully saturated rings. The van der Waals surface area contributed by atoms with Crippen LogP contribution in [0.2, 0.25) is 0 Å². The van der Waals surface area contributed by atoms with Crippen molar-refractivity contribution in [1.29, 1.82) is 0 Å². The van der Waals surface area contributed by atoms with E-state index in [1.807, 2.05) is 0 Å². The van der Waals surface area contributed by atoms with Crippen molar-refractivity contribution in [3.05, 3.63) is 0 Å². The van der Waals surface area contributed by atoms with Crippen LogP contribution in [-0.2, 0) is 9.53 Å².